The van der Waals surface area contributed by atoms with Crippen LogP contribution in [-0.4, -0.2) is 29.3 Å². The lowest BCUT2D eigenvalue weighted by atomic mass is 9.66. The van der Waals surface area contributed by atoms with E-state index < -0.39 is 17.3 Å². The predicted molar refractivity (Wildman–Crippen MR) is 118 cm³/mol. The minimum Gasteiger partial charge on any atom is -0.493 e. The molecule has 1 aromatic carbocycles. The first-order valence-corrected chi connectivity index (χ1v) is 11.1. The van der Waals surface area contributed by atoms with Gasteiger partial charge in [-0.05, 0) is 74.8 Å². The Labute approximate surface area is 183 Å². The zero-order chi connectivity index (χ0) is 21.7. The van der Waals surface area contributed by atoms with Crippen LogP contribution >= 0.6 is 0 Å². The van der Waals surface area contributed by atoms with Gasteiger partial charge in [-0.25, -0.2) is 0 Å². The van der Waals surface area contributed by atoms with Crippen LogP contribution in [0.1, 0.15) is 62.5 Å². The molecule has 0 bridgehead atoms. The Bertz CT molecular complexity index is 972. The third kappa shape index (κ3) is 4.85. The molecule has 2 saturated carbocycles. The summed E-state index contributed by atoms with van der Waals surface area (Å²) < 4.78 is 11.9. The van der Waals surface area contributed by atoms with Gasteiger partial charge in [-0.1, -0.05) is 24.3 Å². The van der Waals surface area contributed by atoms with Crippen LogP contribution in [0.3, 0.4) is 0 Å². The van der Waals surface area contributed by atoms with Crippen LogP contribution in [0.2, 0.25) is 0 Å². The third-order valence-corrected chi connectivity index (χ3v) is 6.54. The predicted octanol–water partition coefficient (Wildman–Crippen LogP) is 4.98. The minimum atomic E-state index is -0.745. The number of aromatic nitrogens is 1. The molecule has 5 nitrogen and oxygen atoms in total. The summed E-state index contributed by atoms with van der Waals surface area (Å²) in [6.45, 7) is 0. The number of carbonyl (C=O) groups is 1. The fraction of sp³-hybridized carbons (Fsp3) is 0.462. The van der Waals surface area contributed by atoms with Crippen LogP contribution in [0.5, 0.6) is 11.5 Å². The average molecular weight is 420 g/mol. The molecular formula is C26H29NO4. The van der Waals surface area contributed by atoms with Crippen molar-refractivity contribution in [3.8, 4) is 23.3 Å². The molecule has 0 spiro atoms. The number of hydrogen-bond acceptors (Lipinski definition) is 4. The first-order chi connectivity index (χ1) is 15.1. The first kappa shape index (κ1) is 21.2. The Balaban J connectivity index is 1.74. The summed E-state index contributed by atoms with van der Waals surface area (Å²) in [6.07, 6.45) is 11.0. The van der Waals surface area contributed by atoms with Crippen LogP contribution in [0.25, 0.3) is 0 Å². The molecular weight excluding hydrogens is 390 g/mol. The number of nitrogens with zero attached hydrogens (tertiary/aromatic N) is 1. The lowest BCUT2D eigenvalue weighted by Gasteiger charge is -2.36. The molecule has 0 aliphatic heterocycles. The quantitative estimate of drug-likeness (QED) is 0.693. The lowest BCUT2D eigenvalue weighted by molar-refractivity contribution is -0.143. The van der Waals surface area contributed by atoms with E-state index in [1.165, 1.54) is 12.8 Å². The molecule has 1 N–H and O–H groups in total. The van der Waals surface area contributed by atoms with E-state index in [1.54, 1.807) is 19.5 Å². The SMILES string of the molecule is COc1ccc([C@@]2(C#Cc3ccncc3)CCC[C@H](C(=O)O)C2)cc1OC1CCCC1. The topological polar surface area (TPSA) is 68.7 Å². The molecule has 162 valence electrons. The zero-order valence-electron chi connectivity index (χ0n) is 18.0. The second-order valence-corrected chi connectivity index (χ2v) is 8.59. The van der Waals surface area contributed by atoms with Crippen molar-refractivity contribution in [2.24, 2.45) is 5.92 Å². The highest BCUT2D eigenvalue weighted by Crippen LogP contribution is 2.44. The molecule has 5 heteroatoms. The minimum absolute atomic E-state index is 0.209. The summed E-state index contributed by atoms with van der Waals surface area (Å²) >= 11 is 0. The molecule has 0 amide bonds. The van der Waals surface area contributed by atoms with Gasteiger partial charge in [-0.2, -0.15) is 0 Å². The highest BCUT2D eigenvalue weighted by atomic mass is 16.5. The molecule has 0 unspecified atom stereocenters. The van der Waals surface area contributed by atoms with Crippen molar-refractivity contribution in [3.63, 3.8) is 0 Å². The monoisotopic (exact) mass is 419 g/mol. The summed E-state index contributed by atoms with van der Waals surface area (Å²) in [7, 11) is 1.65. The Morgan fingerprint density at radius 2 is 1.87 bits per heavy atom. The van der Waals surface area contributed by atoms with E-state index >= 15 is 0 Å². The van der Waals surface area contributed by atoms with Gasteiger partial charge in [0.2, 0.25) is 0 Å². The smallest absolute Gasteiger partial charge is 0.306 e. The van der Waals surface area contributed by atoms with Gasteiger partial charge < -0.3 is 14.6 Å². The van der Waals surface area contributed by atoms with E-state index in [2.05, 4.69) is 16.8 Å². The number of pyridine rings is 1. The second-order valence-electron chi connectivity index (χ2n) is 8.59. The molecule has 0 saturated heterocycles. The molecule has 2 fully saturated rings. The Morgan fingerprint density at radius 3 is 2.58 bits per heavy atom. The van der Waals surface area contributed by atoms with Crippen molar-refractivity contribution in [1.82, 2.24) is 4.98 Å². The maximum absolute atomic E-state index is 11.8. The average Bonchev–Trinajstić information content (AvgIpc) is 3.31. The molecule has 1 heterocycles. The van der Waals surface area contributed by atoms with Gasteiger partial charge >= 0.3 is 5.97 Å². The maximum atomic E-state index is 11.8. The fourth-order valence-corrected chi connectivity index (χ4v) is 4.81. The zero-order valence-corrected chi connectivity index (χ0v) is 18.0. The number of methoxy groups -OCH3 is 1. The molecule has 2 aliphatic carbocycles. The number of benzene rings is 1. The summed E-state index contributed by atoms with van der Waals surface area (Å²) in [5.41, 5.74) is 1.35. The normalized spacial score (nSPS) is 23.6. The van der Waals surface area contributed by atoms with Gasteiger partial charge in [-0.3, -0.25) is 9.78 Å². The highest BCUT2D eigenvalue weighted by molar-refractivity contribution is 5.70. The molecule has 2 atom stereocenters. The molecule has 2 aromatic rings. The molecule has 4 rings (SSSR count). The van der Waals surface area contributed by atoms with Crippen molar-refractivity contribution < 1.29 is 19.4 Å². The number of carboxylic acid groups (broad SMARTS) is 1. The van der Waals surface area contributed by atoms with Crippen molar-refractivity contribution in [3.05, 3.63) is 53.9 Å². The summed E-state index contributed by atoms with van der Waals surface area (Å²) in [6, 6.07) is 9.73. The largest absolute Gasteiger partial charge is 0.493 e. The van der Waals surface area contributed by atoms with Crippen LogP contribution in [0.15, 0.2) is 42.7 Å². The second kappa shape index (κ2) is 9.43. The first-order valence-electron chi connectivity index (χ1n) is 11.1. The van der Waals surface area contributed by atoms with Crippen molar-refractivity contribution >= 4 is 5.97 Å². The van der Waals surface area contributed by atoms with Crippen LogP contribution in [-0.2, 0) is 10.2 Å². The van der Waals surface area contributed by atoms with Crippen molar-refractivity contribution in [1.29, 1.82) is 0 Å². The van der Waals surface area contributed by atoms with E-state index in [-0.39, 0.29) is 6.10 Å². The number of ether oxygens (including phenoxy) is 2. The Morgan fingerprint density at radius 1 is 1.10 bits per heavy atom. The van der Waals surface area contributed by atoms with E-state index in [0.29, 0.717) is 18.6 Å². The van der Waals surface area contributed by atoms with Gasteiger partial charge in [0, 0.05) is 18.0 Å². The molecule has 1 aromatic heterocycles. The van der Waals surface area contributed by atoms with E-state index in [4.69, 9.17) is 9.47 Å². The fourth-order valence-electron chi connectivity index (χ4n) is 4.81. The molecule has 0 radical (unpaired) electrons. The Kier molecular flexibility index (Phi) is 6.46. The number of aliphatic carboxylic acids is 1. The lowest BCUT2D eigenvalue weighted by Crippen LogP contribution is -2.35. The van der Waals surface area contributed by atoms with Crippen LogP contribution < -0.4 is 9.47 Å². The van der Waals surface area contributed by atoms with Crippen LogP contribution in [0.4, 0.5) is 0 Å². The van der Waals surface area contributed by atoms with Gasteiger partial charge in [-0.15, -0.1) is 0 Å². The van der Waals surface area contributed by atoms with Gasteiger partial charge in [0.25, 0.3) is 0 Å². The Hall–Kier alpha value is -3.00. The maximum Gasteiger partial charge on any atom is 0.306 e. The summed E-state index contributed by atoms with van der Waals surface area (Å²) in [5.74, 6) is 7.04. The van der Waals surface area contributed by atoms with Crippen molar-refractivity contribution in [2.75, 3.05) is 7.11 Å². The van der Waals surface area contributed by atoms with E-state index in [1.807, 2.05) is 30.3 Å². The number of carboxylic acids is 1. The third-order valence-electron chi connectivity index (χ3n) is 6.54. The van der Waals surface area contributed by atoms with Gasteiger partial charge in [0.1, 0.15) is 0 Å². The van der Waals surface area contributed by atoms with Crippen molar-refractivity contribution in [2.45, 2.75) is 62.9 Å². The summed E-state index contributed by atoms with van der Waals surface area (Å²) in [4.78, 5) is 15.9. The van der Waals surface area contributed by atoms with Gasteiger partial charge in [0.15, 0.2) is 11.5 Å². The molecule has 31 heavy (non-hydrogen) atoms. The molecule has 2 aliphatic rings. The number of rotatable bonds is 5. The van der Waals surface area contributed by atoms with Gasteiger partial charge in [0.05, 0.1) is 24.5 Å². The van der Waals surface area contributed by atoms with Crippen LogP contribution in [0, 0.1) is 17.8 Å². The summed E-state index contributed by atoms with van der Waals surface area (Å²) in [5, 5.41) is 9.73. The number of hydrogen-bond donors (Lipinski definition) is 1. The standard InChI is InChI=1S/C26H29NO4/c1-30-23-9-8-21(17-24(23)31-22-6-2-3-7-22)26(13-4-5-20(18-26)25(28)29)14-10-19-11-15-27-16-12-19/h8-9,11-12,15-17,20,22H,2-7,13,18H2,1H3,(H,28,29)/t20-,26+/m0/s1. The highest BCUT2D eigenvalue weighted by Gasteiger charge is 2.40. The van der Waals surface area contributed by atoms with E-state index in [9.17, 15) is 9.90 Å². The van der Waals surface area contributed by atoms with E-state index in [0.717, 1.165) is 42.6 Å².